The third kappa shape index (κ3) is 5.07. The summed E-state index contributed by atoms with van der Waals surface area (Å²) in [6, 6.07) is 5.83. The number of carbonyl (C=O) groups is 3. The van der Waals surface area contributed by atoms with Crippen molar-refractivity contribution in [3.8, 4) is 0 Å². The Kier molecular flexibility index (Phi) is 6.69. The van der Waals surface area contributed by atoms with E-state index in [0.717, 1.165) is 18.6 Å². The zero-order chi connectivity index (χ0) is 22.7. The number of halogens is 1. The van der Waals surface area contributed by atoms with E-state index >= 15 is 0 Å². The van der Waals surface area contributed by atoms with Gasteiger partial charge >= 0.3 is 6.03 Å². The molecule has 8 nitrogen and oxygen atoms in total. The number of furan rings is 1. The molecule has 0 bridgehead atoms. The molecule has 4 rings (SSSR count). The maximum absolute atomic E-state index is 14.1. The van der Waals surface area contributed by atoms with Crippen molar-refractivity contribution < 1.29 is 23.2 Å². The van der Waals surface area contributed by atoms with E-state index < -0.39 is 11.7 Å². The summed E-state index contributed by atoms with van der Waals surface area (Å²) in [6.45, 7) is 1.65. The van der Waals surface area contributed by atoms with Crippen LogP contribution < -0.4 is 21.3 Å². The standard InChI is InChI=1S/C22H25FN4O4S/c1-12-14(8-9-31-12)21(29)25-16-10-13(6-7-15(16)23)24-19(28)5-3-2-4-18-20-17(11-32-18)26-22(30)27-20/h6-10,17-18,20H,2-5,11H2,1H3,(H,24,28)(H,25,29)(H2,26,27,30)/t17-,18-,20-/m0/s1. The highest BCUT2D eigenvalue weighted by molar-refractivity contribution is 8.00. The summed E-state index contributed by atoms with van der Waals surface area (Å²) < 4.78 is 19.2. The van der Waals surface area contributed by atoms with Crippen LogP contribution in [0.15, 0.2) is 34.9 Å². The molecule has 4 N–H and O–H groups in total. The molecule has 1 aromatic heterocycles. The molecule has 0 radical (unpaired) electrons. The SMILES string of the molecule is Cc1occc1C(=O)Nc1cc(NC(=O)CCCC[C@@H]2SC[C@@H]3NC(=O)N[C@@H]32)ccc1F. The maximum Gasteiger partial charge on any atom is 0.315 e. The third-order valence-corrected chi connectivity index (χ3v) is 7.19. The molecule has 0 spiro atoms. The van der Waals surface area contributed by atoms with E-state index in [1.807, 2.05) is 11.8 Å². The van der Waals surface area contributed by atoms with Crippen LogP contribution in [0.3, 0.4) is 0 Å². The summed E-state index contributed by atoms with van der Waals surface area (Å²) >= 11 is 1.85. The average molecular weight is 461 g/mol. The number of hydrogen-bond acceptors (Lipinski definition) is 5. The number of anilines is 2. The number of benzene rings is 1. The highest BCUT2D eigenvalue weighted by Crippen LogP contribution is 2.33. The van der Waals surface area contributed by atoms with E-state index in [2.05, 4.69) is 21.3 Å². The number of carbonyl (C=O) groups excluding carboxylic acids is 3. The fourth-order valence-corrected chi connectivity index (χ4v) is 5.55. The van der Waals surface area contributed by atoms with Gasteiger partial charge in [0.2, 0.25) is 5.91 Å². The number of nitrogens with one attached hydrogen (secondary N) is 4. The van der Waals surface area contributed by atoms with Crippen molar-refractivity contribution >= 4 is 41.0 Å². The summed E-state index contributed by atoms with van der Waals surface area (Å²) in [6.07, 6.45) is 4.25. The second-order valence-electron chi connectivity index (χ2n) is 7.96. The van der Waals surface area contributed by atoms with E-state index in [0.29, 0.717) is 35.1 Å². The zero-order valence-electron chi connectivity index (χ0n) is 17.6. The van der Waals surface area contributed by atoms with Gasteiger partial charge in [0.15, 0.2) is 0 Å². The first-order valence-electron chi connectivity index (χ1n) is 10.5. The topological polar surface area (TPSA) is 112 Å². The van der Waals surface area contributed by atoms with Gasteiger partial charge in [-0.1, -0.05) is 6.42 Å². The highest BCUT2D eigenvalue weighted by Gasteiger charge is 2.42. The summed E-state index contributed by atoms with van der Waals surface area (Å²) in [4.78, 5) is 36.0. The van der Waals surface area contributed by atoms with Gasteiger partial charge in [-0.2, -0.15) is 11.8 Å². The molecule has 2 aliphatic rings. The van der Waals surface area contributed by atoms with Crippen molar-refractivity contribution in [1.29, 1.82) is 0 Å². The smallest absolute Gasteiger partial charge is 0.315 e. The Labute approximate surface area is 189 Å². The van der Waals surface area contributed by atoms with Gasteiger partial charge in [-0.25, -0.2) is 9.18 Å². The van der Waals surface area contributed by atoms with Gasteiger partial charge in [-0.15, -0.1) is 0 Å². The van der Waals surface area contributed by atoms with Gasteiger partial charge in [0.1, 0.15) is 11.6 Å². The first-order chi connectivity index (χ1) is 15.4. The van der Waals surface area contributed by atoms with Crippen LogP contribution in [0.1, 0.15) is 41.8 Å². The lowest BCUT2D eigenvalue weighted by Crippen LogP contribution is -2.36. The second-order valence-corrected chi connectivity index (χ2v) is 9.23. The van der Waals surface area contributed by atoms with Crippen molar-refractivity contribution in [1.82, 2.24) is 10.6 Å². The Morgan fingerprint density at radius 1 is 1.22 bits per heavy atom. The van der Waals surface area contributed by atoms with E-state index in [1.54, 1.807) is 6.92 Å². The second kappa shape index (κ2) is 9.64. The monoisotopic (exact) mass is 460 g/mol. The molecule has 0 saturated carbocycles. The van der Waals surface area contributed by atoms with E-state index in [-0.39, 0.29) is 29.7 Å². The molecule has 2 aromatic rings. The van der Waals surface area contributed by atoms with E-state index in [4.69, 9.17) is 4.42 Å². The molecule has 0 aliphatic carbocycles. The Hall–Kier alpha value is -3.01. The lowest BCUT2D eigenvalue weighted by molar-refractivity contribution is -0.116. The fraction of sp³-hybridized carbons (Fsp3) is 0.409. The van der Waals surface area contributed by atoms with E-state index in [9.17, 15) is 18.8 Å². The molecular formula is C22H25FN4O4S. The zero-order valence-corrected chi connectivity index (χ0v) is 18.4. The molecule has 170 valence electrons. The molecule has 4 amide bonds. The molecule has 2 aliphatic heterocycles. The number of urea groups is 1. The minimum Gasteiger partial charge on any atom is -0.469 e. The fourth-order valence-electron chi connectivity index (χ4n) is 4.01. The minimum absolute atomic E-state index is 0.0200. The predicted octanol–water partition coefficient (Wildman–Crippen LogP) is 3.64. The van der Waals surface area contributed by atoms with Gasteiger partial charge in [0.05, 0.1) is 29.6 Å². The van der Waals surface area contributed by atoms with Gasteiger partial charge in [-0.3, -0.25) is 9.59 Å². The van der Waals surface area contributed by atoms with Gasteiger partial charge in [0, 0.05) is 23.1 Å². The number of thioether (sulfide) groups is 1. The molecular weight excluding hydrogens is 435 g/mol. The Morgan fingerprint density at radius 3 is 2.84 bits per heavy atom. The number of unbranched alkanes of at least 4 members (excludes halogenated alkanes) is 1. The summed E-state index contributed by atoms with van der Waals surface area (Å²) in [5.74, 6) is 0.0912. The van der Waals surface area contributed by atoms with Gasteiger partial charge in [0.25, 0.3) is 5.91 Å². The summed E-state index contributed by atoms with van der Waals surface area (Å²) in [7, 11) is 0. The number of rotatable bonds is 8. The quantitative estimate of drug-likeness (QED) is 0.355. The molecule has 2 fully saturated rings. The molecule has 1 aromatic carbocycles. The van der Waals surface area contributed by atoms with Crippen molar-refractivity contribution in [3.63, 3.8) is 0 Å². The molecule has 32 heavy (non-hydrogen) atoms. The van der Waals surface area contributed by atoms with Crippen LogP contribution in [0.4, 0.5) is 20.6 Å². The lowest BCUT2D eigenvalue weighted by Gasteiger charge is -2.16. The third-order valence-electron chi connectivity index (χ3n) is 5.68. The predicted molar refractivity (Wildman–Crippen MR) is 120 cm³/mol. The molecule has 10 heteroatoms. The first-order valence-corrected chi connectivity index (χ1v) is 11.6. The van der Waals surface area contributed by atoms with E-state index in [1.165, 1.54) is 30.5 Å². The number of aryl methyl sites for hydroxylation is 1. The number of hydrogen-bond donors (Lipinski definition) is 4. The number of amides is 4. The van der Waals surface area contributed by atoms with Gasteiger partial charge < -0.3 is 25.7 Å². The summed E-state index contributed by atoms with van der Waals surface area (Å²) in [5, 5.41) is 11.5. The van der Waals surface area contributed by atoms with Crippen molar-refractivity contribution in [2.45, 2.75) is 49.9 Å². The van der Waals surface area contributed by atoms with Crippen LogP contribution in [0.5, 0.6) is 0 Å². The lowest BCUT2D eigenvalue weighted by atomic mass is 10.0. The highest BCUT2D eigenvalue weighted by atomic mass is 32.2. The molecule has 3 heterocycles. The van der Waals surface area contributed by atoms with Crippen LogP contribution in [0, 0.1) is 12.7 Å². The first kappa shape index (κ1) is 22.2. The Morgan fingerprint density at radius 2 is 2.06 bits per heavy atom. The molecule has 0 unspecified atom stereocenters. The Balaban J connectivity index is 1.23. The van der Waals surface area contributed by atoms with Crippen molar-refractivity contribution in [3.05, 3.63) is 47.7 Å². The average Bonchev–Trinajstić information content (AvgIpc) is 3.44. The normalized spacial score (nSPS) is 21.6. The van der Waals surface area contributed by atoms with Crippen molar-refractivity contribution in [2.75, 3.05) is 16.4 Å². The number of fused-ring (bicyclic) bond motifs is 1. The van der Waals surface area contributed by atoms with Crippen LogP contribution in [-0.2, 0) is 4.79 Å². The van der Waals surface area contributed by atoms with Crippen molar-refractivity contribution in [2.24, 2.45) is 0 Å². The molecule has 3 atom stereocenters. The summed E-state index contributed by atoms with van der Waals surface area (Å²) in [5.41, 5.74) is 0.705. The molecule has 2 saturated heterocycles. The largest absolute Gasteiger partial charge is 0.469 e. The maximum atomic E-state index is 14.1. The van der Waals surface area contributed by atoms with Crippen LogP contribution >= 0.6 is 11.8 Å². The van der Waals surface area contributed by atoms with Gasteiger partial charge in [-0.05, 0) is 44.0 Å². The van der Waals surface area contributed by atoms with Crippen LogP contribution in [0.25, 0.3) is 0 Å². The Bertz CT molecular complexity index is 1030. The van der Waals surface area contributed by atoms with Crippen LogP contribution in [0.2, 0.25) is 0 Å². The minimum atomic E-state index is -0.599. The van der Waals surface area contributed by atoms with Crippen LogP contribution in [-0.4, -0.2) is 40.9 Å².